The van der Waals surface area contributed by atoms with Gasteiger partial charge in [-0.25, -0.2) is 0 Å². The minimum atomic E-state index is -0.368. The highest BCUT2D eigenvalue weighted by molar-refractivity contribution is 5.94. The zero-order chi connectivity index (χ0) is 19.7. The van der Waals surface area contributed by atoms with Crippen LogP contribution in [0.25, 0.3) is 5.65 Å². The highest BCUT2D eigenvalue weighted by atomic mass is 16.5. The monoisotopic (exact) mass is 385 g/mol. The molecule has 2 saturated heterocycles. The van der Waals surface area contributed by atoms with Crippen molar-refractivity contribution < 1.29 is 19.1 Å². The van der Waals surface area contributed by atoms with Crippen molar-refractivity contribution in [3.63, 3.8) is 0 Å². The lowest BCUT2D eigenvalue weighted by Gasteiger charge is -2.39. The molecule has 28 heavy (non-hydrogen) atoms. The normalized spacial score (nSPS) is 23.6. The van der Waals surface area contributed by atoms with Gasteiger partial charge in [0.15, 0.2) is 5.65 Å². The summed E-state index contributed by atoms with van der Waals surface area (Å²) >= 11 is 0. The average Bonchev–Trinajstić information content (AvgIpc) is 3.27. The first-order valence-electron chi connectivity index (χ1n) is 9.53. The molecule has 2 aromatic heterocycles. The summed E-state index contributed by atoms with van der Waals surface area (Å²) in [5.41, 5.74) is 1.24. The van der Waals surface area contributed by atoms with Crippen molar-refractivity contribution in [3.8, 4) is 0 Å². The Morgan fingerprint density at radius 3 is 2.64 bits per heavy atom. The van der Waals surface area contributed by atoms with Crippen molar-refractivity contribution in [2.45, 2.75) is 56.7 Å². The number of hydrogen-bond donors (Lipinski definition) is 1. The van der Waals surface area contributed by atoms with Gasteiger partial charge in [0, 0.05) is 30.7 Å². The number of esters is 1. The Morgan fingerprint density at radius 1 is 1.18 bits per heavy atom. The Kier molecular flexibility index (Phi) is 4.97. The SMILES string of the molecule is COC(=O)CCC(=O)N1C2CCC1CC(NC(=O)c1ccc3nncn3c1)C2. The molecule has 2 aliphatic heterocycles. The summed E-state index contributed by atoms with van der Waals surface area (Å²) in [6.45, 7) is 0. The van der Waals surface area contributed by atoms with Gasteiger partial charge in [0.1, 0.15) is 6.33 Å². The van der Waals surface area contributed by atoms with E-state index in [9.17, 15) is 14.4 Å². The second-order valence-electron chi connectivity index (χ2n) is 7.42. The maximum atomic E-state index is 12.6. The zero-order valence-corrected chi connectivity index (χ0v) is 15.7. The highest BCUT2D eigenvalue weighted by Crippen LogP contribution is 2.36. The molecule has 2 amide bonds. The number of nitrogens with one attached hydrogen (secondary N) is 1. The van der Waals surface area contributed by atoms with E-state index >= 15 is 0 Å². The molecule has 2 atom stereocenters. The molecular weight excluding hydrogens is 362 g/mol. The Morgan fingerprint density at radius 2 is 1.93 bits per heavy atom. The van der Waals surface area contributed by atoms with E-state index < -0.39 is 0 Å². The van der Waals surface area contributed by atoms with E-state index in [1.807, 2.05) is 4.90 Å². The largest absolute Gasteiger partial charge is 0.469 e. The number of carbonyl (C=O) groups excluding carboxylic acids is 3. The van der Waals surface area contributed by atoms with E-state index in [4.69, 9.17) is 0 Å². The van der Waals surface area contributed by atoms with Gasteiger partial charge in [-0.15, -0.1) is 10.2 Å². The molecule has 2 fully saturated rings. The van der Waals surface area contributed by atoms with Crippen LogP contribution in [-0.4, -0.2) is 62.5 Å². The molecule has 0 saturated carbocycles. The number of carbonyl (C=O) groups is 3. The molecule has 4 heterocycles. The Hall–Kier alpha value is -2.97. The zero-order valence-electron chi connectivity index (χ0n) is 15.7. The van der Waals surface area contributed by atoms with Crippen LogP contribution in [0.4, 0.5) is 0 Å². The summed E-state index contributed by atoms with van der Waals surface area (Å²) in [7, 11) is 1.33. The summed E-state index contributed by atoms with van der Waals surface area (Å²) in [6, 6.07) is 3.77. The second kappa shape index (κ2) is 7.57. The minimum absolute atomic E-state index is 0.000681. The maximum Gasteiger partial charge on any atom is 0.306 e. The van der Waals surface area contributed by atoms with Gasteiger partial charge in [0.25, 0.3) is 5.91 Å². The minimum Gasteiger partial charge on any atom is -0.469 e. The number of rotatable bonds is 5. The molecule has 2 bridgehead atoms. The third kappa shape index (κ3) is 3.56. The molecule has 0 radical (unpaired) electrons. The molecule has 9 heteroatoms. The molecular formula is C19H23N5O4. The number of amides is 2. The lowest BCUT2D eigenvalue weighted by Crippen LogP contribution is -2.52. The van der Waals surface area contributed by atoms with E-state index in [-0.39, 0.29) is 48.8 Å². The Labute approximate surface area is 162 Å². The number of nitrogens with zero attached hydrogens (tertiary/aromatic N) is 4. The number of ether oxygens (including phenoxy) is 1. The Balaban J connectivity index is 1.36. The van der Waals surface area contributed by atoms with Crippen LogP contribution in [0.15, 0.2) is 24.7 Å². The van der Waals surface area contributed by atoms with E-state index in [0.717, 1.165) is 25.7 Å². The summed E-state index contributed by atoms with van der Waals surface area (Å²) in [5, 5.41) is 10.9. The van der Waals surface area contributed by atoms with Crippen LogP contribution >= 0.6 is 0 Å². The quantitative estimate of drug-likeness (QED) is 0.768. The summed E-state index contributed by atoms with van der Waals surface area (Å²) in [5.74, 6) is -0.501. The second-order valence-corrected chi connectivity index (χ2v) is 7.42. The van der Waals surface area contributed by atoms with Crippen LogP contribution < -0.4 is 5.32 Å². The molecule has 148 valence electrons. The average molecular weight is 385 g/mol. The van der Waals surface area contributed by atoms with Gasteiger partial charge in [0.2, 0.25) is 5.91 Å². The first-order valence-corrected chi connectivity index (χ1v) is 9.53. The third-order valence-electron chi connectivity index (χ3n) is 5.68. The first kappa shape index (κ1) is 18.4. The molecule has 0 aromatic carbocycles. The molecule has 2 unspecified atom stereocenters. The Bertz CT molecular complexity index is 897. The highest BCUT2D eigenvalue weighted by Gasteiger charge is 2.43. The molecule has 0 aliphatic carbocycles. The van der Waals surface area contributed by atoms with Crippen LogP contribution in [0, 0.1) is 0 Å². The molecule has 0 spiro atoms. The van der Waals surface area contributed by atoms with Crippen molar-refractivity contribution in [2.24, 2.45) is 0 Å². The van der Waals surface area contributed by atoms with Crippen molar-refractivity contribution in [1.82, 2.24) is 24.8 Å². The fourth-order valence-corrected chi connectivity index (χ4v) is 4.37. The predicted molar refractivity (Wildman–Crippen MR) is 98.4 cm³/mol. The van der Waals surface area contributed by atoms with E-state index in [2.05, 4.69) is 20.3 Å². The predicted octanol–water partition coefficient (Wildman–Crippen LogP) is 0.934. The molecule has 2 aromatic rings. The number of methoxy groups -OCH3 is 1. The number of pyridine rings is 1. The van der Waals surface area contributed by atoms with Gasteiger partial charge in [0.05, 0.1) is 19.1 Å². The molecule has 9 nitrogen and oxygen atoms in total. The third-order valence-corrected chi connectivity index (χ3v) is 5.68. The molecule has 1 N–H and O–H groups in total. The molecule has 2 aliphatic rings. The van der Waals surface area contributed by atoms with E-state index in [1.165, 1.54) is 7.11 Å². The fourth-order valence-electron chi connectivity index (χ4n) is 4.37. The van der Waals surface area contributed by atoms with Crippen LogP contribution in [-0.2, 0) is 14.3 Å². The van der Waals surface area contributed by atoms with Crippen molar-refractivity contribution in [2.75, 3.05) is 7.11 Å². The topological polar surface area (TPSA) is 106 Å². The number of fused-ring (bicyclic) bond motifs is 3. The van der Waals surface area contributed by atoms with E-state index in [1.54, 1.807) is 29.1 Å². The van der Waals surface area contributed by atoms with Gasteiger partial charge >= 0.3 is 5.97 Å². The standard InChI is InChI=1S/C19H23N5O4/c1-28-18(26)7-6-17(25)24-14-3-4-15(24)9-13(8-14)21-19(27)12-2-5-16-22-20-11-23(16)10-12/h2,5,10-11,13-15H,3-4,6-9H2,1H3,(H,21,27). The summed E-state index contributed by atoms with van der Waals surface area (Å²) < 4.78 is 6.32. The van der Waals surface area contributed by atoms with Crippen LogP contribution in [0.1, 0.15) is 48.9 Å². The lowest BCUT2D eigenvalue weighted by atomic mass is 9.96. The summed E-state index contributed by atoms with van der Waals surface area (Å²) in [4.78, 5) is 38.4. The fraction of sp³-hybridized carbons (Fsp3) is 0.526. The van der Waals surface area contributed by atoms with Crippen molar-refractivity contribution in [3.05, 3.63) is 30.2 Å². The van der Waals surface area contributed by atoms with Gasteiger partial charge < -0.3 is 15.0 Å². The molecule has 4 rings (SSSR count). The van der Waals surface area contributed by atoms with Gasteiger partial charge in [-0.2, -0.15) is 0 Å². The number of hydrogen-bond acceptors (Lipinski definition) is 6. The van der Waals surface area contributed by atoms with E-state index in [0.29, 0.717) is 11.2 Å². The van der Waals surface area contributed by atoms with Crippen LogP contribution in [0.2, 0.25) is 0 Å². The maximum absolute atomic E-state index is 12.6. The van der Waals surface area contributed by atoms with Crippen LogP contribution in [0.3, 0.4) is 0 Å². The van der Waals surface area contributed by atoms with Crippen molar-refractivity contribution >= 4 is 23.4 Å². The number of piperidine rings is 1. The van der Waals surface area contributed by atoms with Crippen molar-refractivity contribution in [1.29, 1.82) is 0 Å². The lowest BCUT2D eigenvalue weighted by molar-refractivity contribution is -0.145. The summed E-state index contributed by atoms with van der Waals surface area (Å²) in [6.07, 6.45) is 6.91. The van der Waals surface area contributed by atoms with Crippen LogP contribution in [0.5, 0.6) is 0 Å². The van der Waals surface area contributed by atoms with Gasteiger partial charge in [-0.1, -0.05) is 0 Å². The van der Waals surface area contributed by atoms with Gasteiger partial charge in [-0.05, 0) is 37.8 Å². The van der Waals surface area contributed by atoms with Gasteiger partial charge in [-0.3, -0.25) is 18.8 Å². The first-order chi connectivity index (χ1) is 13.5. The smallest absolute Gasteiger partial charge is 0.306 e. The number of aromatic nitrogens is 3.